The molecule has 0 spiro atoms. The van der Waals surface area contributed by atoms with Crippen molar-refractivity contribution in [1.29, 1.82) is 0 Å². The summed E-state index contributed by atoms with van der Waals surface area (Å²) in [4.78, 5) is 7.22. The molecule has 21 heavy (non-hydrogen) atoms. The molecule has 4 heteroatoms. The van der Waals surface area contributed by atoms with Crippen molar-refractivity contribution >= 4 is 0 Å². The number of dihydropyridines is 1. The Morgan fingerprint density at radius 2 is 2.14 bits per heavy atom. The maximum Gasteiger partial charge on any atom is 0.107 e. The summed E-state index contributed by atoms with van der Waals surface area (Å²) >= 11 is 0. The molecular weight excluding hydrogens is 260 g/mol. The minimum atomic E-state index is 0.449. The molecular formula is C17H32N4. The van der Waals surface area contributed by atoms with Gasteiger partial charge in [-0.3, -0.25) is 4.90 Å². The predicted molar refractivity (Wildman–Crippen MR) is 90.0 cm³/mol. The standard InChI is InChI=1S/C17H32N4/c1-14-9-10-16-12-21(13-20(5)17(16)18-14)11-7-6-8-15(2)19(3)4/h9-10,14-15,18H,6-8,11-13H2,1-5H3/t14?,15-/m1/s1. The van der Waals surface area contributed by atoms with Crippen LogP contribution in [0, 0.1) is 0 Å². The first-order valence-electron chi connectivity index (χ1n) is 8.25. The lowest BCUT2D eigenvalue weighted by Crippen LogP contribution is -2.48. The number of nitrogens with zero attached hydrogens (tertiary/aromatic N) is 3. The van der Waals surface area contributed by atoms with Gasteiger partial charge in [0.2, 0.25) is 0 Å². The number of hydrogen-bond donors (Lipinski definition) is 1. The largest absolute Gasteiger partial charge is 0.366 e. The third kappa shape index (κ3) is 4.48. The first-order chi connectivity index (χ1) is 9.97. The summed E-state index contributed by atoms with van der Waals surface area (Å²) in [5.74, 6) is 1.32. The fraction of sp³-hybridized carbons (Fsp3) is 0.765. The smallest absolute Gasteiger partial charge is 0.107 e. The number of nitrogens with one attached hydrogen (secondary N) is 1. The minimum Gasteiger partial charge on any atom is -0.366 e. The zero-order valence-corrected chi connectivity index (χ0v) is 14.4. The van der Waals surface area contributed by atoms with E-state index in [1.807, 2.05) is 0 Å². The lowest BCUT2D eigenvalue weighted by atomic mass is 10.1. The SMILES string of the molecule is CC1C=CC2=C(N1)N(C)CN(CCCC[C@@H](C)N(C)C)C2. The van der Waals surface area contributed by atoms with E-state index in [9.17, 15) is 0 Å². The highest BCUT2D eigenvalue weighted by Gasteiger charge is 2.23. The highest BCUT2D eigenvalue weighted by molar-refractivity contribution is 5.32. The maximum absolute atomic E-state index is 3.57. The quantitative estimate of drug-likeness (QED) is 0.757. The van der Waals surface area contributed by atoms with Crippen molar-refractivity contribution in [1.82, 2.24) is 20.0 Å². The molecule has 2 heterocycles. The van der Waals surface area contributed by atoms with Crippen molar-refractivity contribution < 1.29 is 0 Å². The van der Waals surface area contributed by atoms with Crippen LogP contribution in [0.25, 0.3) is 0 Å². The fourth-order valence-electron chi connectivity index (χ4n) is 3.02. The monoisotopic (exact) mass is 292 g/mol. The van der Waals surface area contributed by atoms with Gasteiger partial charge in [0.1, 0.15) is 5.82 Å². The zero-order chi connectivity index (χ0) is 15.4. The van der Waals surface area contributed by atoms with Crippen molar-refractivity contribution in [2.75, 3.05) is 40.9 Å². The second kappa shape index (κ2) is 7.32. The average Bonchev–Trinajstić information content (AvgIpc) is 2.44. The van der Waals surface area contributed by atoms with Crippen LogP contribution in [0.2, 0.25) is 0 Å². The van der Waals surface area contributed by atoms with Crippen LogP contribution < -0.4 is 5.32 Å². The Morgan fingerprint density at radius 1 is 1.38 bits per heavy atom. The number of rotatable bonds is 6. The van der Waals surface area contributed by atoms with Gasteiger partial charge >= 0.3 is 0 Å². The van der Waals surface area contributed by atoms with Crippen molar-refractivity contribution in [3.8, 4) is 0 Å². The van der Waals surface area contributed by atoms with Gasteiger partial charge in [-0.2, -0.15) is 0 Å². The molecule has 2 aliphatic heterocycles. The third-order valence-electron chi connectivity index (χ3n) is 4.67. The van der Waals surface area contributed by atoms with Crippen LogP contribution in [0.1, 0.15) is 33.1 Å². The Kier molecular flexibility index (Phi) is 5.71. The fourth-order valence-corrected chi connectivity index (χ4v) is 3.02. The minimum absolute atomic E-state index is 0.449. The van der Waals surface area contributed by atoms with Gasteiger partial charge in [0, 0.05) is 37.8 Å². The lowest BCUT2D eigenvalue weighted by Gasteiger charge is -2.40. The van der Waals surface area contributed by atoms with Gasteiger partial charge < -0.3 is 15.1 Å². The summed E-state index contributed by atoms with van der Waals surface area (Å²) in [5.41, 5.74) is 1.43. The Morgan fingerprint density at radius 3 is 2.86 bits per heavy atom. The van der Waals surface area contributed by atoms with E-state index >= 15 is 0 Å². The summed E-state index contributed by atoms with van der Waals surface area (Å²) in [6.07, 6.45) is 8.46. The summed E-state index contributed by atoms with van der Waals surface area (Å²) in [7, 11) is 6.53. The van der Waals surface area contributed by atoms with Crippen LogP contribution in [-0.2, 0) is 0 Å². The van der Waals surface area contributed by atoms with Crippen molar-refractivity contribution in [3.05, 3.63) is 23.5 Å². The summed E-state index contributed by atoms with van der Waals surface area (Å²) < 4.78 is 0. The van der Waals surface area contributed by atoms with Crippen molar-refractivity contribution in [2.24, 2.45) is 0 Å². The highest BCUT2D eigenvalue weighted by atomic mass is 15.4. The average molecular weight is 292 g/mol. The van der Waals surface area contributed by atoms with Gasteiger partial charge in [-0.25, -0.2) is 0 Å². The van der Waals surface area contributed by atoms with E-state index in [2.05, 4.69) is 67.2 Å². The number of unbranched alkanes of at least 4 members (excludes halogenated alkanes) is 1. The molecule has 0 saturated carbocycles. The Balaban J connectivity index is 1.76. The lowest BCUT2D eigenvalue weighted by molar-refractivity contribution is 0.157. The molecule has 0 aromatic rings. The van der Waals surface area contributed by atoms with E-state index in [1.54, 1.807) is 0 Å². The van der Waals surface area contributed by atoms with E-state index in [4.69, 9.17) is 0 Å². The van der Waals surface area contributed by atoms with Gasteiger partial charge in [0.15, 0.2) is 0 Å². The molecule has 0 amide bonds. The summed E-state index contributed by atoms with van der Waals surface area (Å²) in [6, 6.07) is 1.14. The van der Waals surface area contributed by atoms with E-state index in [0.717, 1.165) is 13.2 Å². The summed E-state index contributed by atoms with van der Waals surface area (Å²) in [5, 5.41) is 3.57. The van der Waals surface area contributed by atoms with E-state index in [1.165, 1.54) is 37.2 Å². The van der Waals surface area contributed by atoms with Crippen LogP contribution in [0.15, 0.2) is 23.5 Å². The molecule has 0 aromatic heterocycles. The molecule has 0 bridgehead atoms. The molecule has 0 fully saturated rings. The molecule has 120 valence electrons. The molecule has 1 N–H and O–H groups in total. The van der Waals surface area contributed by atoms with Crippen LogP contribution in [0.4, 0.5) is 0 Å². The van der Waals surface area contributed by atoms with Crippen molar-refractivity contribution in [3.63, 3.8) is 0 Å². The topological polar surface area (TPSA) is 21.8 Å². The first kappa shape index (κ1) is 16.4. The zero-order valence-electron chi connectivity index (χ0n) is 14.4. The van der Waals surface area contributed by atoms with Crippen LogP contribution in [0.3, 0.4) is 0 Å². The van der Waals surface area contributed by atoms with Crippen molar-refractivity contribution in [2.45, 2.75) is 45.2 Å². The Labute approximate surface area is 130 Å². The first-order valence-corrected chi connectivity index (χ1v) is 8.25. The van der Waals surface area contributed by atoms with E-state index < -0.39 is 0 Å². The summed E-state index contributed by atoms with van der Waals surface area (Å²) in [6.45, 7) is 7.83. The predicted octanol–water partition coefficient (Wildman–Crippen LogP) is 2.07. The van der Waals surface area contributed by atoms with Crippen LogP contribution >= 0.6 is 0 Å². The van der Waals surface area contributed by atoms with Gasteiger partial charge in [0.05, 0.1) is 6.67 Å². The molecule has 0 aromatic carbocycles. The Bertz CT molecular complexity index is 400. The van der Waals surface area contributed by atoms with Gasteiger partial charge in [-0.05, 0) is 40.8 Å². The normalized spacial score (nSPS) is 24.3. The molecule has 4 nitrogen and oxygen atoms in total. The molecule has 2 aliphatic rings. The maximum atomic E-state index is 3.57. The van der Waals surface area contributed by atoms with Crippen LogP contribution in [-0.4, -0.2) is 67.7 Å². The molecule has 0 radical (unpaired) electrons. The van der Waals surface area contributed by atoms with Gasteiger partial charge in [0.25, 0.3) is 0 Å². The highest BCUT2D eigenvalue weighted by Crippen LogP contribution is 2.21. The Hall–Kier alpha value is -1.00. The van der Waals surface area contributed by atoms with E-state index in [0.29, 0.717) is 12.1 Å². The van der Waals surface area contributed by atoms with Crippen LogP contribution in [0.5, 0.6) is 0 Å². The molecule has 2 rings (SSSR count). The van der Waals surface area contributed by atoms with E-state index in [-0.39, 0.29) is 0 Å². The molecule has 0 aliphatic carbocycles. The molecule has 1 unspecified atom stereocenters. The van der Waals surface area contributed by atoms with Gasteiger partial charge in [-0.1, -0.05) is 18.6 Å². The molecule has 2 atom stereocenters. The van der Waals surface area contributed by atoms with Gasteiger partial charge in [-0.15, -0.1) is 0 Å². The second-order valence-electron chi connectivity index (χ2n) is 6.87. The number of hydrogen-bond acceptors (Lipinski definition) is 4. The molecule has 0 saturated heterocycles. The third-order valence-corrected chi connectivity index (χ3v) is 4.67. The second-order valence-corrected chi connectivity index (χ2v) is 6.87.